The Balaban J connectivity index is 2.37. The predicted molar refractivity (Wildman–Crippen MR) is 112 cm³/mol. The van der Waals surface area contributed by atoms with Crippen molar-refractivity contribution < 1.29 is 27.5 Å². The lowest BCUT2D eigenvalue weighted by molar-refractivity contribution is -0.114. The second-order valence-electron chi connectivity index (χ2n) is 6.11. The minimum atomic E-state index is -3.86. The Kier molecular flexibility index (Phi) is 7.10. The topological polar surface area (TPSA) is 102 Å². The van der Waals surface area contributed by atoms with E-state index in [1.807, 2.05) is 0 Å². The highest BCUT2D eigenvalue weighted by Crippen LogP contribution is 2.38. The zero-order chi connectivity index (χ0) is 21.8. The van der Waals surface area contributed by atoms with Crippen LogP contribution in [0.1, 0.15) is 17.3 Å². The number of rotatable bonds is 8. The number of nitrogens with zero attached hydrogens (tertiary/aromatic N) is 1. The molecule has 2 aromatic rings. The molecule has 0 heterocycles. The molecule has 8 nitrogen and oxygen atoms in total. The lowest BCUT2D eigenvalue weighted by atomic mass is 10.1. The lowest BCUT2D eigenvalue weighted by Crippen LogP contribution is -2.37. The van der Waals surface area contributed by atoms with Gasteiger partial charge in [-0.1, -0.05) is 23.7 Å². The third-order valence-corrected chi connectivity index (χ3v) is 5.38. The highest BCUT2D eigenvalue weighted by atomic mass is 35.5. The summed E-state index contributed by atoms with van der Waals surface area (Å²) < 4.78 is 36.0. The van der Waals surface area contributed by atoms with Crippen molar-refractivity contribution in [1.82, 2.24) is 0 Å². The summed E-state index contributed by atoms with van der Waals surface area (Å²) >= 11 is 6.07. The predicted octanol–water partition coefficient (Wildman–Crippen LogP) is 2.96. The van der Waals surface area contributed by atoms with Gasteiger partial charge in [0.2, 0.25) is 15.9 Å². The molecule has 0 bridgehead atoms. The van der Waals surface area contributed by atoms with Crippen LogP contribution < -0.4 is 19.1 Å². The molecule has 2 rings (SSSR count). The Morgan fingerprint density at radius 1 is 1.10 bits per heavy atom. The number of amides is 1. The highest BCUT2D eigenvalue weighted by Gasteiger charge is 2.26. The van der Waals surface area contributed by atoms with Crippen molar-refractivity contribution in [2.75, 3.05) is 36.6 Å². The minimum Gasteiger partial charge on any atom is -0.495 e. The maximum Gasteiger partial charge on any atom is 0.245 e. The summed E-state index contributed by atoms with van der Waals surface area (Å²) in [6, 6.07) is 9.13. The van der Waals surface area contributed by atoms with Gasteiger partial charge in [-0.05, 0) is 19.1 Å². The van der Waals surface area contributed by atoms with Gasteiger partial charge in [-0.25, -0.2) is 8.42 Å². The second-order valence-corrected chi connectivity index (χ2v) is 8.43. The van der Waals surface area contributed by atoms with Gasteiger partial charge < -0.3 is 14.8 Å². The zero-order valence-electron chi connectivity index (χ0n) is 16.4. The number of nitrogens with one attached hydrogen (secondary N) is 1. The number of hydrogen-bond acceptors (Lipinski definition) is 6. The van der Waals surface area contributed by atoms with Crippen LogP contribution in [0.15, 0.2) is 36.4 Å². The quantitative estimate of drug-likeness (QED) is 0.633. The van der Waals surface area contributed by atoms with E-state index < -0.39 is 22.5 Å². The van der Waals surface area contributed by atoms with Crippen LogP contribution in [0.25, 0.3) is 0 Å². The molecule has 29 heavy (non-hydrogen) atoms. The first-order chi connectivity index (χ1) is 13.6. The van der Waals surface area contributed by atoms with Gasteiger partial charge >= 0.3 is 0 Å². The molecule has 1 N–H and O–H groups in total. The Morgan fingerprint density at radius 3 is 2.31 bits per heavy atom. The van der Waals surface area contributed by atoms with Crippen LogP contribution >= 0.6 is 11.6 Å². The fourth-order valence-corrected chi connectivity index (χ4v) is 3.65. The maximum atomic E-state index is 12.5. The molecule has 0 aromatic heterocycles. The number of ether oxygens (including phenoxy) is 2. The summed E-state index contributed by atoms with van der Waals surface area (Å²) in [4.78, 5) is 24.0. The van der Waals surface area contributed by atoms with E-state index in [2.05, 4.69) is 5.32 Å². The number of anilines is 2. The Morgan fingerprint density at radius 2 is 1.76 bits per heavy atom. The van der Waals surface area contributed by atoms with Crippen molar-refractivity contribution in [2.24, 2.45) is 0 Å². The summed E-state index contributed by atoms with van der Waals surface area (Å²) in [5.74, 6) is -0.373. The first kappa shape index (κ1) is 22.5. The number of methoxy groups -OCH3 is 2. The van der Waals surface area contributed by atoms with Gasteiger partial charge in [0.15, 0.2) is 5.78 Å². The van der Waals surface area contributed by atoms with E-state index in [1.54, 1.807) is 18.2 Å². The fraction of sp³-hybridized carbons (Fsp3) is 0.263. The normalized spacial score (nSPS) is 10.9. The molecule has 0 aliphatic rings. The van der Waals surface area contributed by atoms with Crippen LogP contribution in [0.2, 0.25) is 5.02 Å². The molecule has 0 spiro atoms. The van der Waals surface area contributed by atoms with E-state index in [1.165, 1.54) is 39.3 Å². The van der Waals surface area contributed by atoms with Crippen LogP contribution in [0, 0.1) is 0 Å². The van der Waals surface area contributed by atoms with Crippen LogP contribution in [0.4, 0.5) is 11.4 Å². The highest BCUT2D eigenvalue weighted by molar-refractivity contribution is 7.92. The molecular formula is C19H21ClN2O6S. The number of ketones is 1. The summed E-state index contributed by atoms with van der Waals surface area (Å²) in [7, 11) is -1.12. The number of Topliss-reactive ketones (excluding diaryl/α,β-unsaturated/α-hetero) is 1. The van der Waals surface area contributed by atoms with E-state index in [0.29, 0.717) is 11.3 Å². The monoisotopic (exact) mass is 440 g/mol. The second kappa shape index (κ2) is 9.15. The fourth-order valence-electron chi connectivity index (χ4n) is 2.57. The van der Waals surface area contributed by atoms with Crippen molar-refractivity contribution in [2.45, 2.75) is 6.92 Å². The van der Waals surface area contributed by atoms with Crippen LogP contribution in [0.3, 0.4) is 0 Å². The third kappa shape index (κ3) is 5.61. The first-order valence-corrected chi connectivity index (χ1v) is 10.6. The van der Waals surface area contributed by atoms with Crippen LogP contribution in [-0.4, -0.2) is 47.1 Å². The van der Waals surface area contributed by atoms with Crippen molar-refractivity contribution in [3.8, 4) is 11.5 Å². The van der Waals surface area contributed by atoms with Crippen LogP contribution in [0.5, 0.6) is 11.5 Å². The molecule has 10 heteroatoms. The first-order valence-electron chi connectivity index (χ1n) is 8.37. The zero-order valence-corrected chi connectivity index (χ0v) is 17.9. The SMILES string of the molecule is COc1cc(N(CC(=O)Nc2cccc(C(C)=O)c2)S(C)(=O)=O)c(OC)cc1Cl. The Hall–Kier alpha value is -2.78. The standard InChI is InChI=1S/C19H21ClN2O6S/c1-12(23)13-6-5-7-14(8-13)21-19(24)11-22(29(4,25)26)16-10-17(27-2)15(20)9-18(16)28-3/h5-10H,11H2,1-4H3,(H,21,24). The van der Waals surface area contributed by atoms with Gasteiger partial charge in [-0.3, -0.25) is 13.9 Å². The molecule has 0 saturated heterocycles. The van der Waals surface area contributed by atoms with E-state index >= 15 is 0 Å². The van der Waals surface area contributed by atoms with Gasteiger partial charge in [0.1, 0.15) is 18.0 Å². The van der Waals surface area contributed by atoms with Gasteiger partial charge in [0.25, 0.3) is 0 Å². The molecule has 0 aliphatic carbocycles. The van der Waals surface area contributed by atoms with E-state index in [0.717, 1.165) is 10.6 Å². The van der Waals surface area contributed by atoms with Crippen molar-refractivity contribution in [1.29, 1.82) is 0 Å². The number of halogens is 1. The summed E-state index contributed by atoms with van der Waals surface area (Å²) in [5, 5.41) is 2.82. The third-order valence-electron chi connectivity index (χ3n) is 3.96. The van der Waals surface area contributed by atoms with E-state index in [4.69, 9.17) is 21.1 Å². The average molecular weight is 441 g/mol. The molecular weight excluding hydrogens is 420 g/mol. The smallest absolute Gasteiger partial charge is 0.245 e. The number of carbonyl (C=O) groups is 2. The maximum absolute atomic E-state index is 12.5. The van der Waals surface area contributed by atoms with Gasteiger partial charge in [-0.15, -0.1) is 0 Å². The molecule has 0 unspecified atom stereocenters. The molecule has 0 aliphatic heterocycles. The Bertz CT molecular complexity index is 1040. The molecule has 2 aromatic carbocycles. The van der Waals surface area contributed by atoms with Gasteiger partial charge in [0, 0.05) is 23.4 Å². The van der Waals surface area contributed by atoms with E-state index in [9.17, 15) is 18.0 Å². The molecule has 1 amide bonds. The lowest BCUT2D eigenvalue weighted by Gasteiger charge is -2.24. The number of sulfonamides is 1. The number of hydrogen-bond donors (Lipinski definition) is 1. The van der Waals surface area contributed by atoms with Crippen LogP contribution in [-0.2, 0) is 14.8 Å². The molecule has 0 radical (unpaired) electrons. The minimum absolute atomic E-state index is 0.101. The van der Waals surface area contributed by atoms with Crippen molar-refractivity contribution in [3.05, 3.63) is 47.0 Å². The summed E-state index contributed by atoms with van der Waals surface area (Å²) in [5.41, 5.74) is 0.896. The molecule has 0 atom stereocenters. The Labute approximate surface area is 174 Å². The molecule has 0 saturated carbocycles. The molecule has 0 fully saturated rings. The van der Waals surface area contributed by atoms with Gasteiger partial charge in [-0.2, -0.15) is 0 Å². The largest absolute Gasteiger partial charge is 0.495 e. The van der Waals surface area contributed by atoms with E-state index in [-0.39, 0.29) is 28.0 Å². The van der Waals surface area contributed by atoms with Crippen molar-refractivity contribution >= 4 is 44.7 Å². The number of benzene rings is 2. The summed E-state index contributed by atoms with van der Waals surface area (Å²) in [6.07, 6.45) is 0.969. The van der Waals surface area contributed by atoms with Gasteiger partial charge in [0.05, 0.1) is 31.2 Å². The number of carbonyl (C=O) groups excluding carboxylic acids is 2. The summed E-state index contributed by atoms with van der Waals surface area (Å²) in [6.45, 7) is 0.886. The van der Waals surface area contributed by atoms with Crippen molar-refractivity contribution in [3.63, 3.8) is 0 Å². The average Bonchev–Trinajstić information content (AvgIpc) is 2.65. The molecule has 156 valence electrons.